The van der Waals surface area contributed by atoms with Gasteiger partial charge in [0.05, 0.1) is 19.8 Å². The highest BCUT2D eigenvalue weighted by Gasteiger charge is 2.44. The molecule has 1 aliphatic heterocycles. The van der Waals surface area contributed by atoms with Crippen LogP contribution in [0.5, 0.6) is 5.75 Å². The van der Waals surface area contributed by atoms with Crippen LogP contribution in [0.25, 0.3) is 0 Å². The van der Waals surface area contributed by atoms with Crippen molar-refractivity contribution in [3.63, 3.8) is 0 Å². The summed E-state index contributed by atoms with van der Waals surface area (Å²) in [6, 6.07) is 7.55. The van der Waals surface area contributed by atoms with E-state index in [2.05, 4.69) is 6.58 Å². The first kappa shape index (κ1) is 31.1. The monoisotopic (exact) mass is 535 g/mol. The van der Waals surface area contributed by atoms with Crippen LogP contribution in [0.2, 0.25) is 0 Å². The Kier molecular flexibility index (Phi) is 10.7. The number of imide groups is 1. The van der Waals surface area contributed by atoms with Crippen molar-refractivity contribution in [3.05, 3.63) is 42.5 Å². The summed E-state index contributed by atoms with van der Waals surface area (Å²) in [4.78, 5) is 40.3. The number of hydrogen-bond donors (Lipinski definition) is 0. The molecule has 0 bridgehead atoms. The molecule has 0 N–H and O–H groups in total. The molecule has 10 heteroatoms. The number of hydrogen-bond acceptors (Lipinski definition) is 9. The second kappa shape index (κ2) is 13.1. The predicted molar refractivity (Wildman–Crippen MR) is 140 cm³/mol. The maximum absolute atomic E-state index is 13.4. The Balaban J connectivity index is 2.41. The van der Waals surface area contributed by atoms with E-state index < -0.39 is 53.7 Å². The third-order valence-electron chi connectivity index (χ3n) is 5.01. The molecule has 1 heterocycles. The summed E-state index contributed by atoms with van der Waals surface area (Å²) in [5.74, 6) is -0.333. The average molecular weight is 536 g/mol. The van der Waals surface area contributed by atoms with Crippen LogP contribution in [0, 0.1) is 0 Å². The molecular weight excluding hydrogens is 494 g/mol. The molecule has 1 aromatic carbocycles. The highest BCUT2D eigenvalue weighted by molar-refractivity contribution is 5.94. The topological polar surface area (TPSA) is 110 Å². The van der Waals surface area contributed by atoms with Crippen molar-refractivity contribution in [2.24, 2.45) is 0 Å². The molecule has 1 aliphatic rings. The third-order valence-corrected chi connectivity index (χ3v) is 5.01. The number of benzene rings is 1. The maximum atomic E-state index is 13.4. The van der Waals surface area contributed by atoms with Gasteiger partial charge in [-0.25, -0.2) is 14.4 Å². The third kappa shape index (κ3) is 9.98. The van der Waals surface area contributed by atoms with Crippen LogP contribution >= 0.6 is 0 Å². The van der Waals surface area contributed by atoms with E-state index in [0.29, 0.717) is 10.6 Å². The average Bonchev–Trinajstić information content (AvgIpc) is 2.81. The number of esters is 1. The summed E-state index contributed by atoms with van der Waals surface area (Å²) in [6.07, 6.45) is -4.39. The lowest BCUT2D eigenvalue weighted by atomic mass is 10.1. The van der Waals surface area contributed by atoms with E-state index in [1.807, 2.05) is 25.1 Å². The fraction of sp³-hybridized carbons (Fsp3) is 0.607. The van der Waals surface area contributed by atoms with Gasteiger partial charge in [0.1, 0.15) is 29.2 Å². The van der Waals surface area contributed by atoms with Crippen LogP contribution < -0.4 is 4.74 Å². The molecule has 0 saturated carbocycles. The van der Waals surface area contributed by atoms with Crippen molar-refractivity contribution in [1.29, 1.82) is 0 Å². The number of para-hydroxylation sites is 1. The highest BCUT2D eigenvalue weighted by atomic mass is 16.6. The van der Waals surface area contributed by atoms with Crippen molar-refractivity contribution < 1.29 is 42.8 Å². The van der Waals surface area contributed by atoms with Gasteiger partial charge in [-0.05, 0) is 67.5 Å². The number of carbonyl (C=O) groups excluding carboxylic acids is 3. The Morgan fingerprint density at radius 3 is 2.05 bits per heavy atom. The number of ether oxygens (including phenoxy) is 6. The minimum absolute atomic E-state index is 0.0151. The zero-order valence-corrected chi connectivity index (χ0v) is 23.6. The zero-order chi connectivity index (χ0) is 28.7. The molecule has 0 aromatic heterocycles. The van der Waals surface area contributed by atoms with Crippen molar-refractivity contribution in [1.82, 2.24) is 4.90 Å². The highest BCUT2D eigenvalue weighted by Crippen LogP contribution is 2.23. The largest absolute Gasteiger partial charge is 0.484 e. The first-order valence-corrected chi connectivity index (χ1v) is 12.6. The Labute approximate surface area is 225 Å². The molecule has 0 spiro atoms. The summed E-state index contributed by atoms with van der Waals surface area (Å²) in [5, 5.41) is 0. The minimum Gasteiger partial charge on any atom is -0.484 e. The molecule has 2 amide bonds. The standard InChI is InChI=1S/C28H41NO9/c1-18(2)15-34-22-17-33-16-21(24(30)35-19(3)23(22)36-20-13-11-10-12-14-20)29(25(31)37-27(4,5)6)26(32)38-28(7,8)9/h10-14,19,21-23H,1,15-17H2,2-9H3. The molecular formula is C28H41NO9. The van der Waals surface area contributed by atoms with Crippen LogP contribution in [-0.4, -0.2) is 78.4 Å². The lowest BCUT2D eigenvalue weighted by Crippen LogP contribution is -2.54. The molecule has 1 fully saturated rings. The Bertz CT molecular complexity index is 937. The number of carbonyl (C=O) groups is 3. The van der Waals surface area contributed by atoms with Crippen LogP contribution in [0.4, 0.5) is 9.59 Å². The zero-order valence-electron chi connectivity index (χ0n) is 23.6. The van der Waals surface area contributed by atoms with Crippen LogP contribution in [0.15, 0.2) is 42.5 Å². The SMILES string of the molecule is C=C(C)COC1COCC(N(C(=O)OC(C)(C)C)C(=O)OC(C)(C)C)C(=O)OC(C)C1Oc1ccccc1. The van der Waals surface area contributed by atoms with E-state index >= 15 is 0 Å². The van der Waals surface area contributed by atoms with Gasteiger partial charge in [0.25, 0.3) is 0 Å². The molecule has 2 rings (SSSR count). The number of cyclic esters (lactones) is 1. The van der Waals surface area contributed by atoms with Gasteiger partial charge >= 0.3 is 18.2 Å². The van der Waals surface area contributed by atoms with Crippen LogP contribution in [0.3, 0.4) is 0 Å². The molecule has 4 atom stereocenters. The predicted octanol–water partition coefficient (Wildman–Crippen LogP) is 4.90. The lowest BCUT2D eigenvalue weighted by molar-refractivity contribution is -0.161. The summed E-state index contributed by atoms with van der Waals surface area (Å²) in [6.45, 7) is 17.1. The molecule has 10 nitrogen and oxygen atoms in total. The van der Waals surface area contributed by atoms with E-state index in [0.717, 1.165) is 5.57 Å². The van der Waals surface area contributed by atoms with Crippen molar-refractivity contribution in [3.8, 4) is 5.75 Å². The summed E-state index contributed by atoms with van der Waals surface area (Å²) in [5.41, 5.74) is -1.10. The fourth-order valence-corrected chi connectivity index (χ4v) is 3.44. The first-order valence-electron chi connectivity index (χ1n) is 12.6. The van der Waals surface area contributed by atoms with Gasteiger partial charge in [0.15, 0.2) is 12.1 Å². The second-order valence-electron chi connectivity index (χ2n) is 11.2. The number of amides is 2. The van der Waals surface area contributed by atoms with Gasteiger partial charge in [-0.2, -0.15) is 4.90 Å². The first-order chi connectivity index (χ1) is 17.6. The Morgan fingerprint density at radius 2 is 1.55 bits per heavy atom. The van der Waals surface area contributed by atoms with Gasteiger partial charge < -0.3 is 28.4 Å². The maximum Gasteiger partial charge on any atom is 0.420 e. The van der Waals surface area contributed by atoms with Gasteiger partial charge in [0.2, 0.25) is 0 Å². The molecule has 38 heavy (non-hydrogen) atoms. The summed E-state index contributed by atoms with van der Waals surface area (Å²) in [7, 11) is 0. The van der Waals surface area contributed by atoms with Crippen molar-refractivity contribution in [2.45, 2.75) is 90.9 Å². The van der Waals surface area contributed by atoms with Crippen LogP contribution in [-0.2, 0) is 28.5 Å². The Hall–Kier alpha value is -3.11. The Morgan fingerprint density at radius 1 is 1.00 bits per heavy atom. The smallest absolute Gasteiger partial charge is 0.420 e. The summed E-state index contributed by atoms with van der Waals surface area (Å²) < 4.78 is 34.6. The number of rotatable bonds is 6. The minimum atomic E-state index is -1.47. The van der Waals surface area contributed by atoms with Gasteiger partial charge in [-0.3, -0.25) is 0 Å². The molecule has 4 unspecified atom stereocenters. The van der Waals surface area contributed by atoms with Gasteiger partial charge in [-0.15, -0.1) is 0 Å². The fourth-order valence-electron chi connectivity index (χ4n) is 3.44. The van der Waals surface area contributed by atoms with E-state index in [9.17, 15) is 14.4 Å². The van der Waals surface area contributed by atoms with Gasteiger partial charge in [0, 0.05) is 0 Å². The van der Waals surface area contributed by atoms with E-state index in [-0.39, 0.29) is 19.8 Å². The number of nitrogens with zero attached hydrogens (tertiary/aromatic N) is 1. The molecule has 0 aliphatic carbocycles. The lowest BCUT2D eigenvalue weighted by Gasteiger charge is -2.32. The van der Waals surface area contributed by atoms with E-state index in [1.165, 1.54) is 0 Å². The van der Waals surface area contributed by atoms with Crippen LogP contribution in [0.1, 0.15) is 55.4 Å². The molecule has 1 saturated heterocycles. The second-order valence-corrected chi connectivity index (χ2v) is 11.2. The normalized spacial score (nSPS) is 22.7. The quantitative estimate of drug-likeness (QED) is 0.285. The summed E-state index contributed by atoms with van der Waals surface area (Å²) >= 11 is 0. The molecule has 0 radical (unpaired) electrons. The molecule has 1 aromatic rings. The van der Waals surface area contributed by atoms with E-state index in [1.54, 1.807) is 60.6 Å². The van der Waals surface area contributed by atoms with Crippen molar-refractivity contribution >= 4 is 18.2 Å². The molecule has 212 valence electrons. The van der Waals surface area contributed by atoms with Crippen molar-refractivity contribution in [2.75, 3.05) is 19.8 Å². The van der Waals surface area contributed by atoms with E-state index in [4.69, 9.17) is 28.4 Å². The van der Waals surface area contributed by atoms with Gasteiger partial charge in [-0.1, -0.05) is 30.4 Å².